The number of benzene rings is 1. The summed E-state index contributed by atoms with van der Waals surface area (Å²) in [5, 5.41) is 2.46. The SMILES string of the molecule is CN(CCOc1ccccc1F)C(=O)Cc1csc(N2CCCC2=O)n1. The first-order valence-electron chi connectivity index (χ1n) is 8.40. The van der Waals surface area contributed by atoms with Crippen molar-refractivity contribution in [3.63, 3.8) is 0 Å². The molecule has 1 saturated heterocycles. The van der Waals surface area contributed by atoms with Gasteiger partial charge in [0.1, 0.15) is 6.61 Å². The summed E-state index contributed by atoms with van der Waals surface area (Å²) in [5.74, 6) is -0.271. The monoisotopic (exact) mass is 377 g/mol. The topological polar surface area (TPSA) is 62.7 Å². The minimum Gasteiger partial charge on any atom is -0.489 e. The number of ether oxygens (including phenoxy) is 1. The van der Waals surface area contributed by atoms with E-state index in [1.54, 1.807) is 30.1 Å². The van der Waals surface area contributed by atoms with Crippen LogP contribution in [0.4, 0.5) is 9.52 Å². The Morgan fingerprint density at radius 1 is 1.42 bits per heavy atom. The van der Waals surface area contributed by atoms with Crippen molar-refractivity contribution >= 4 is 28.3 Å². The third-order valence-electron chi connectivity index (χ3n) is 4.12. The number of nitrogens with zero attached hydrogens (tertiary/aromatic N) is 3. The van der Waals surface area contributed by atoms with Gasteiger partial charge in [-0.1, -0.05) is 12.1 Å². The van der Waals surface area contributed by atoms with Gasteiger partial charge in [0.25, 0.3) is 0 Å². The van der Waals surface area contributed by atoms with E-state index >= 15 is 0 Å². The standard InChI is InChI=1S/C18H20FN3O3S/c1-21(9-10-25-15-6-3-2-5-14(15)19)17(24)11-13-12-26-18(20-13)22-8-4-7-16(22)23/h2-3,5-6,12H,4,7-11H2,1H3. The molecule has 1 aromatic carbocycles. The van der Waals surface area contributed by atoms with E-state index < -0.39 is 5.82 Å². The van der Waals surface area contributed by atoms with E-state index in [0.717, 1.165) is 6.42 Å². The third kappa shape index (κ3) is 4.37. The molecule has 0 spiro atoms. The minimum absolute atomic E-state index is 0.0830. The number of aromatic nitrogens is 1. The van der Waals surface area contributed by atoms with Gasteiger partial charge in [-0.05, 0) is 18.6 Å². The normalized spacial score (nSPS) is 13.9. The Labute approximate surface area is 155 Å². The molecule has 0 aliphatic carbocycles. The summed E-state index contributed by atoms with van der Waals surface area (Å²) >= 11 is 1.38. The number of rotatable bonds is 7. The number of hydrogen-bond acceptors (Lipinski definition) is 5. The van der Waals surface area contributed by atoms with Gasteiger partial charge in [-0.25, -0.2) is 9.37 Å². The highest BCUT2D eigenvalue weighted by atomic mass is 32.1. The molecule has 1 aliphatic rings. The van der Waals surface area contributed by atoms with E-state index in [0.29, 0.717) is 30.3 Å². The van der Waals surface area contributed by atoms with Crippen LogP contribution in [0.2, 0.25) is 0 Å². The van der Waals surface area contributed by atoms with Crippen molar-refractivity contribution in [1.29, 1.82) is 0 Å². The van der Waals surface area contributed by atoms with Crippen LogP contribution in [0.25, 0.3) is 0 Å². The van der Waals surface area contributed by atoms with Gasteiger partial charge in [-0.3, -0.25) is 14.5 Å². The average molecular weight is 377 g/mol. The molecule has 3 rings (SSSR count). The first kappa shape index (κ1) is 18.3. The summed E-state index contributed by atoms with van der Waals surface area (Å²) in [5.41, 5.74) is 0.650. The van der Waals surface area contributed by atoms with Crippen LogP contribution in [0.3, 0.4) is 0 Å². The van der Waals surface area contributed by atoms with Gasteiger partial charge in [0.2, 0.25) is 11.8 Å². The lowest BCUT2D eigenvalue weighted by Gasteiger charge is -2.17. The average Bonchev–Trinajstić information content (AvgIpc) is 3.25. The van der Waals surface area contributed by atoms with Crippen LogP contribution in [-0.4, -0.2) is 48.4 Å². The van der Waals surface area contributed by atoms with Gasteiger partial charge in [-0.15, -0.1) is 11.3 Å². The number of para-hydroxylation sites is 1. The van der Waals surface area contributed by atoms with Crippen LogP contribution in [0.5, 0.6) is 5.75 Å². The number of anilines is 1. The van der Waals surface area contributed by atoms with E-state index in [1.165, 1.54) is 22.3 Å². The largest absolute Gasteiger partial charge is 0.489 e. The fourth-order valence-electron chi connectivity index (χ4n) is 2.62. The molecule has 138 valence electrons. The van der Waals surface area contributed by atoms with Gasteiger partial charge < -0.3 is 9.64 Å². The number of halogens is 1. The zero-order valence-corrected chi connectivity index (χ0v) is 15.3. The molecule has 0 bridgehead atoms. The highest BCUT2D eigenvalue weighted by Gasteiger charge is 2.24. The number of likely N-dealkylation sites (N-methyl/N-ethyl adjacent to an activating group) is 1. The summed E-state index contributed by atoms with van der Waals surface area (Å²) in [6, 6.07) is 6.16. The van der Waals surface area contributed by atoms with E-state index in [-0.39, 0.29) is 30.6 Å². The molecule has 0 saturated carbocycles. The molecular formula is C18H20FN3O3S. The van der Waals surface area contributed by atoms with E-state index in [9.17, 15) is 14.0 Å². The molecule has 1 aliphatic heterocycles. The Kier molecular flexibility index (Phi) is 5.82. The van der Waals surface area contributed by atoms with Crippen molar-refractivity contribution in [3.8, 4) is 5.75 Å². The van der Waals surface area contributed by atoms with E-state index in [1.807, 2.05) is 5.38 Å². The maximum atomic E-state index is 13.5. The molecule has 1 aromatic heterocycles. The summed E-state index contributed by atoms with van der Waals surface area (Å²) in [6.45, 7) is 1.23. The second kappa shape index (κ2) is 8.27. The van der Waals surface area contributed by atoms with Crippen LogP contribution in [-0.2, 0) is 16.0 Å². The Balaban J connectivity index is 1.47. The van der Waals surface area contributed by atoms with E-state index in [2.05, 4.69) is 4.98 Å². The molecule has 0 unspecified atom stereocenters. The molecule has 0 N–H and O–H groups in total. The first-order chi connectivity index (χ1) is 12.5. The first-order valence-corrected chi connectivity index (χ1v) is 9.28. The van der Waals surface area contributed by atoms with Crippen molar-refractivity contribution in [2.45, 2.75) is 19.3 Å². The van der Waals surface area contributed by atoms with E-state index in [4.69, 9.17) is 4.74 Å². The lowest BCUT2D eigenvalue weighted by molar-refractivity contribution is -0.129. The number of carbonyl (C=O) groups excluding carboxylic acids is 2. The molecule has 0 atom stereocenters. The zero-order valence-electron chi connectivity index (χ0n) is 14.5. The van der Waals surface area contributed by atoms with Crippen molar-refractivity contribution in [2.75, 3.05) is 31.6 Å². The number of thiazole rings is 1. The summed E-state index contributed by atoms with van der Waals surface area (Å²) in [4.78, 5) is 31.6. The van der Waals surface area contributed by atoms with Gasteiger partial charge in [0, 0.05) is 25.4 Å². The lowest BCUT2D eigenvalue weighted by atomic mass is 10.3. The molecule has 26 heavy (non-hydrogen) atoms. The number of amides is 2. The van der Waals surface area contributed by atoms with Gasteiger partial charge in [0.05, 0.1) is 18.7 Å². The van der Waals surface area contributed by atoms with Crippen LogP contribution >= 0.6 is 11.3 Å². The minimum atomic E-state index is -0.423. The Morgan fingerprint density at radius 3 is 2.96 bits per heavy atom. The fourth-order valence-corrected chi connectivity index (χ4v) is 3.49. The highest BCUT2D eigenvalue weighted by Crippen LogP contribution is 2.25. The fraction of sp³-hybridized carbons (Fsp3) is 0.389. The number of carbonyl (C=O) groups is 2. The third-order valence-corrected chi connectivity index (χ3v) is 5.04. The molecule has 6 nitrogen and oxygen atoms in total. The van der Waals surface area contributed by atoms with Crippen LogP contribution in [0, 0.1) is 5.82 Å². The van der Waals surface area contributed by atoms with Crippen LogP contribution < -0.4 is 9.64 Å². The van der Waals surface area contributed by atoms with Crippen molar-refractivity contribution in [1.82, 2.24) is 9.88 Å². The quantitative estimate of drug-likeness (QED) is 0.744. The molecular weight excluding hydrogens is 357 g/mol. The zero-order chi connectivity index (χ0) is 18.5. The van der Waals surface area contributed by atoms with Crippen LogP contribution in [0.15, 0.2) is 29.6 Å². The Hall–Kier alpha value is -2.48. The number of hydrogen-bond donors (Lipinski definition) is 0. The highest BCUT2D eigenvalue weighted by molar-refractivity contribution is 7.14. The summed E-state index contributed by atoms with van der Waals surface area (Å²) in [6.07, 6.45) is 1.56. The molecule has 2 heterocycles. The van der Waals surface area contributed by atoms with Crippen molar-refractivity contribution in [3.05, 3.63) is 41.2 Å². The van der Waals surface area contributed by atoms with Gasteiger partial charge >= 0.3 is 0 Å². The lowest BCUT2D eigenvalue weighted by Crippen LogP contribution is -2.32. The molecule has 2 aromatic rings. The molecule has 8 heteroatoms. The van der Waals surface area contributed by atoms with Gasteiger partial charge in [0.15, 0.2) is 16.7 Å². The molecule has 1 fully saturated rings. The Bertz CT molecular complexity index is 795. The van der Waals surface area contributed by atoms with Crippen LogP contribution in [0.1, 0.15) is 18.5 Å². The van der Waals surface area contributed by atoms with Crippen molar-refractivity contribution < 1.29 is 18.7 Å². The molecule has 0 radical (unpaired) electrons. The predicted octanol–water partition coefficient (Wildman–Crippen LogP) is 2.49. The van der Waals surface area contributed by atoms with Gasteiger partial charge in [-0.2, -0.15) is 0 Å². The Morgan fingerprint density at radius 2 is 2.23 bits per heavy atom. The second-order valence-electron chi connectivity index (χ2n) is 6.04. The maximum absolute atomic E-state index is 13.5. The smallest absolute Gasteiger partial charge is 0.228 e. The second-order valence-corrected chi connectivity index (χ2v) is 6.88. The summed E-state index contributed by atoms with van der Waals surface area (Å²) < 4.78 is 18.8. The maximum Gasteiger partial charge on any atom is 0.228 e. The predicted molar refractivity (Wildman–Crippen MR) is 96.9 cm³/mol. The van der Waals surface area contributed by atoms with Crippen molar-refractivity contribution in [2.24, 2.45) is 0 Å². The summed E-state index contributed by atoms with van der Waals surface area (Å²) in [7, 11) is 1.67. The molecule has 2 amide bonds.